The molecule has 0 spiro atoms. The Bertz CT molecular complexity index is 2230. The van der Waals surface area contributed by atoms with Crippen molar-refractivity contribution >= 4 is 40.7 Å². The Kier molecular flexibility index (Phi) is 10.6. The summed E-state index contributed by atoms with van der Waals surface area (Å²) < 4.78 is 7.15. The number of carbonyl (C=O) groups excluding carboxylic acids is 1. The smallest absolute Gasteiger partial charge is 0.307 e. The SMILES string of the molecule is COc1nc(-c2cccc(-c3cccc(-c4ccn5c(=O)c(CN6CCC[C@H](C(=O)O)C6)cnc5c4)c3Cl)c2Cl)ccc1CNC[C@@H]1CCC(=O)N1. The lowest BCUT2D eigenvalue weighted by molar-refractivity contribution is -0.143. The first-order chi connectivity index (χ1) is 25.2. The van der Waals surface area contributed by atoms with E-state index in [2.05, 4.69) is 15.6 Å². The van der Waals surface area contributed by atoms with Crippen LogP contribution in [0.1, 0.15) is 36.8 Å². The van der Waals surface area contributed by atoms with Crippen molar-refractivity contribution in [2.45, 2.75) is 44.8 Å². The highest BCUT2D eigenvalue weighted by molar-refractivity contribution is 6.39. The van der Waals surface area contributed by atoms with Crippen molar-refractivity contribution in [3.8, 4) is 39.4 Å². The summed E-state index contributed by atoms with van der Waals surface area (Å²) in [5.74, 6) is -0.656. The first-order valence-corrected chi connectivity index (χ1v) is 18.0. The van der Waals surface area contributed by atoms with E-state index in [1.807, 2.05) is 65.6 Å². The molecule has 2 aromatic carbocycles. The van der Waals surface area contributed by atoms with Crippen LogP contribution in [0.2, 0.25) is 10.0 Å². The largest absolute Gasteiger partial charge is 0.481 e. The number of methoxy groups -OCH3 is 1. The number of nitrogens with one attached hydrogen (secondary N) is 2. The Morgan fingerprint density at radius 3 is 2.48 bits per heavy atom. The molecule has 5 heterocycles. The molecular formula is C39H38Cl2N6O5. The van der Waals surface area contributed by atoms with Crippen LogP contribution in [-0.4, -0.2) is 69.0 Å². The second-order valence-electron chi connectivity index (χ2n) is 13.3. The van der Waals surface area contributed by atoms with Gasteiger partial charge >= 0.3 is 5.97 Å². The number of fused-ring (bicyclic) bond motifs is 1. The van der Waals surface area contributed by atoms with Crippen molar-refractivity contribution < 1.29 is 19.4 Å². The maximum atomic E-state index is 13.4. The third-order valence-corrected chi connectivity index (χ3v) is 10.6. The molecule has 3 aromatic heterocycles. The van der Waals surface area contributed by atoms with Crippen molar-refractivity contribution in [2.24, 2.45) is 5.92 Å². The average Bonchev–Trinajstić information content (AvgIpc) is 3.57. The van der Waals surface area contributed by atoms with Gasteiger partial charge < -0.3 is 20.5 Å². The fourth-order valence-electron chi connectivity index (χ4n) is 7.07. The first-order valence-electron chi connectivity index (χ1n) is 17.3. The number of hydrogen-bond donors (Lipinski definition) is 3. The van der Waals surface area contributed by atoms with Gasteiger partial charge in [0.15, 0.2) is 0 Å². The van der Waals surface area contributed by atoms with Crippen molar-refractivity contribution in [2.75, 3.05) is 26.7 Å². The highest BCUT2D eigenvalue weighted by Crippen LogP contribution is 2.42. The highest BCUT2D eigenvalue weighted by Gasteiger charge is 2.26. The minimum atomic E-state index is -0.802. The number of halogens is 2. The molecule has 2 fully saturated rings. The Morgan fingerprint density at radius 1 is 1.00 bits per heavy atom. The lowest BCUT2D eigenvalue weighted by Crippen LogP contribution is -2.39. The molecule has 5 aromatic rings. The zero-order chi connectivity index (χ0) is 36.4. The predicted octanol–water partition coefficient (Wildman–Crippen LogP) is 6.07. The monoisotopic (exact) mass is 740 g/mol. The zero-order valence-electron chi connectivity index (χ0n) is 28.6. The van der Waals surface area contributed by atoms with Crippen LogP contribution in [0.15, 0.2) is 77.9 Å². The van der Waals surface area contributed by atoms with Crippen molar-refractivity contribution in [1.29, 1.82) is 0 Å². The van der Waals surface area contributed by atoms with Gasteiger partial charge in [-0.15, -0.1) is 0 Å². The number of aliphatic carboxylic acids is 1. The quantitative estimate of drug-likeness (QED) is 0.147. The number of benzene rings is 2. The maximum Gasteiger partial charge on any atom is 0.307 e. The van der Waals surface area contributed by atoms with Crippen LogP contribution in [0.4, 0.5) is 0 Å². The molecule has 2 atom stereocenters. The van der Waals surface area contributed by atoms with Gasteiger partial charge in [0.05, 0.1) is 34.3 Å². The van der Waals surface area contributed by atoms with Gasteiger partial charge in [-0.05, 0) is 49.6 Å². The molecular weight excluding hydrogens is 703 g/mol. The summed E-state index contributed by atoms with van der Waals surface area (Å²) in [6, 6.07) is 19.1. The molecule has 0 unspecified atom stereocenters. The average molecular weight is 742 g/mol. The standard InChI is InChI=1S/C39H38Cl2N6O5/c1-52-37-24(18-42-20-27-11-13-34(48)44-27)10-12-32(45-37)31-9-3-8-30(36(31)41)29-7-2-6-28(35(29)40)23-14-16-47-33(17-23)43-19-26(38(47)49)22-46-15-4-5-25(21-46)39(50)51/h2-3,6-10,12,14,16-17,19,25,27,42H,4-5,11,13,15,18,20-22H2,1H3,(H,44,48)(H,50,51)/t25-,27-/m0/s1. The van der Waals surface area contributed by atoms with Crippen molar-refractivity contribution in [3.63, 3.8) is 0 Å². The predicted molar refractivity (Wildman–Crippen MR) is 201 cm³/mol. The number of piperidine rings is 1. The van der Waals surface area contributed by atoms with E-state index in [1.54, 1.807) is 19.5 Å². The van der Waals surface area contributed by atoms with Crippen molar-refractivity contribution in [3.05, 3.63) is 105 Å². The number of ether oxygens (including phenoxy) is 1. The van der Waals surface area contributed by atoms with Gasteiger partial charge in [0, 0.05) is 78.9 Å². The van der Waals surface area contributed by atoms with E-state index in [1.165, 1.54) is 4.40 Å². The number of rotatable bonds is 11. The van der Waals surface area contributed by atoms with E-state index in [0.29, 0.717) is 71.9 Å². The number of amides is 1. The highest BCUT2D eigenvalue weighted by atomic mass is 35.5. The first kappa shape index (κ1) is 35.6. The van der Waals surface area contributed by atoms with Gasteiger partial charge in [0.2, 0.25) is 11.8 Å². The molecule has 0 saturated carbocycles. The van der Waals surface area contributed by atoms with Crippen molar-refractivity contribution in [1.82, 2.24) is 29.9 Å². The Labute approximate surface area is 310 Å². The summed E-state index contributed by atoms with van der Waals surface area (Å²) >= 11 is 14.2. The number of carbonyl (C=O) groups is 2. The molecule has 1 amide bonds. The lowest BCUT2D eigenvalue weighted by atomic mass is 9.97. The number of likely N-dealkylation sites (tertiary alicyclic amines) is 1. The van der Waals surface area contributed by atoms with E-state index in [9.17, 15) is 19.5 Å². The third kappa shape index (κ3) is 7.40. The second kappa shape index (κ2) is 15.4. The lowest BCUT2D eigenvalue weighted by Gasteiger charge is -2.30. The zero-order valence-corrected chi connectivity index (χ0v) is 30.1. The topological polar surface area (TPSA) is 138 Å². The van der Waals surface area contributed by atoms with Crippen LogP contribution in [0.25, 0.3) is 39.2 Å². The summed E-state index contributed by atoms with van der Waals surface area (Å²) in [4.78, 5) is 47.9. The maximum absolute atomic E-state index is 13.4. The van der Waals surface area contributed by atoms with Gasteiger partial charge in [-0.3, -0.25) is 23.7 Å². The number of carboxylic acid groups (broad SMARTS) is 1. The molecule has 13 heteroatoms. The number of hydrogen-bond acceptors (Lipinski definition) is 8. The van der Waals surface area contributed by atoms with Crippen LogP contribution < -0.4 is 20.9 Å². The Hall–Kier alpha value is -4.81. The van der Waals surface area contributed by atoms with Crippen LogP contribution in [0.3, 0.4) is 0 Å². The molecule has 3 N–H and O–H groups in total. The number of aromatic nitrogens is 3. The van der Waals surface area contributed by atoms with Gasteiger partial charge in [0.1, 0.15) is 5.65 Å². The van der Waals surface area contributed by atoms with Crippen LogP contribution in [-0.2, 0) is 22.7 Å². The summed E-state index contributed by atoms with van der Waals surface area (Å²) in [6.45, 7) is 2.70. The van der Waals surface area contributed by atoms with Crippen LogP contribution in [0.5, 0.6) is 5.88 Å². The second-order valence-corrected chi connectivity index (χ2v) is 14.0. The number of pyridine rings is 2. The minimum Gasteiger partial charge on any atom is -0.481 e. The van der Waals surface area contributed by atoms with Gasteiger partial charge in [-0.1, -0.05) is 65.7 Å². The van der Waals surface area contributed by atoms with E-state index in [-0.39, 0.29) is 17.5 Å². The van der Waals surface area contributed by atoms with E-state index >= 15 is 0 Å². The number of carboxylic acids is 1. The molecule has 0 bridgehead atoms. The molecule has 0 radical (unpaired) electrons. The Balaban J connectivity index is 1.12. The molecule has 2 aliphatic heterocycles. The minimum absolute atomic E-state index is 0.0882. The normalized spacial score (nSPS) is 17.7. The van der Waals surface area contributed by atoms with Crippen LogP contribution >= 0.6 is 23.2 Å². The fraction of sp³-hybridized carbons (Fsp3) is 0.308. The van der Waals surface area contributed by atoms with Gasteiger partial charge in [0.25, 0.3) is 5.56 Å². The molecule has 52 heavy (non-hydrogen) atoms. The van der Waals surface area contributed by atoms with Gasteiger partial charge in [-0.25, -0.2) is 9.97 Å². The van der Waals surface area contributed by atoms with E-state index in [4.69, 9.17) is 32.9 Å². The Morgan fingerprint density at radius 2 is 1.75 bits per heavy atom. The summed E-state index contributed by atoms with van der Waals surface area (Å²) in [5.41, 5.74) is 6.06. The molecule has 7 rings (SSSR count). The molecule has 268 valence electrons. The van der Waals surface area contributed by atoms with Gasteiger partial charge in [-0.2, -0.15) is 0 Å². The van der Waals surface area contributed by atoms with E-state index < -0.39 is 11.9 Å². The fourth-order valence-corrected chi connectivity index (χ4v) is 7.74. The number of nitrogens with zero attached hydrogens (tertiary/aromatic N) is 4. The molecule has 2 aliphatic rings. The molecule has 0 aliphatic carbocycles. The summed E-state index contributed by atoms with van der Waals surface area (Å²) in [6.07, 6.45) is 6.09. The molecule has 11 nitrogen and oxygen atoms in total. The van der Waals surface area contributed by atoms with Crippen LogP contribution in [0, 0.1) is 5.92 Å². The summed E-state index contributed by atoms with van der Waals surface area (Å²) in [5, 5.41) is 16.8. The summed E-state index contributed by atoms with van der Waals surface area (Å²) in [7, 11) is 1.58. The third-order valence-electron chi connectivity index (χ3n) is 9.83. The van der Waals surface area contributed by atoms with E-state index in [0.717, 1.165) is 52.8 Å². The molecule has 2 saturated heterocycles.